The molecular weight excluding hydrogens is 436 g/mol. The monoisotopic (exact) mass is 464 g/mol. The number of likely N-dealkylation sites (tertiary alicyclic amines) is 1. The molecule has 0 radical (unpaired) electrons. The van der Waals surface area contributed by atoms with Gasteiger partial charge in [0.25, 0.3) is 5.91 Å². The van der Waals surface area contributed by atoms with E-state index in [9.17, 15) is 4.79 Å². The highest BCUT2D eigenvalue weighted by atomic mass is 16.5. The highest BCUT2D eigenvalue weighted by Gasteiger charge is 2.31. The van der Waals surface area contributed by atoms with Crippen molar-refractivity contribution in [3.63, 3.8) is 0 Å². The Balaban J connectivity index is 1.54. The Morgan fingerprint density at radius 1 is 1.09 bits per heavy atom. The molecule has 2 aromatic heterocycles. The number of carbonyl (C=O) groups is 1. The second kappa shape index (κ2) is 9.63. The van der Waals surface area contributed by atoms with E-state index in [1.807, 2.05) is 73.5 Å². The molecule has 1 amide bonds. The highest BCUT2D eigenvalue weighted by molar-refractivity contribution is 5.93. The van der Waals surface area contributed by atoms with Crippen LogP contribution in [0.2, 0.25) is 0 Å². The van der Waals surface area contributed by atoms with Gasteiger partial charge in [0, 0.05) is 24.5 Å². The molecule has 0 unspecified atom stereocenters. The Kier molecular flexibility index (Phi) is 6.24. The summed E-state index contributed by atoms with van der Waals surface area (Å²) >= 11 is 0. The maximum Gasteiger partial charge on any atom is 0.299 e. The fourth-order valence-electron chi connectivity index (χ4n) is 4.77. The number of hydrogen-bond acceptors (Lipinski definition) is 4. The van der Waals surface area contributed by atoms with Crippen LogP contribution in [0, 0.1) is 25.7 Å². The van der Waals surface area contributed by atoms with Crippen molar-refractivity contribution in [2.24, 2.45) is 0 Å². The molecule has 0 saturated carbocycles. The first-order valence-electron chi connectivity index (χ1n) is 12.0. The lowest BCUT2D eigenvalue weighted by atomic mass is 10.0. The van der Waals surface area contributed by atoms with Gasteiger partial charge in [0.1, 0.15) is 17.3 Å². The summed E-state index contributed by atoms with van der Waals surface area (Å²) in [5.74, 6) is 7.75. The molecule has 1 atom stereocenters. The lowest BCUT2D eigenvalue weighted by molar-refractivity contribution is -0.129. The predicted molar refractivity (Wildman–Crippen MR) is 136 cm³/mol. The van der Waals surface area contributed by atoms with E-state index in [4.69, 9.17) is 9.72 Å². The van der Waals surface area contributed by atoms with Crippen LogP contribution in [-0.2, 0) is 4.79 Å². The standard InChI is InChI=1S/C29H28N4O2/c1-4-8-26(34)32-17-6-5-11-25(32)29-31-27(28-21(3)30-16-18-33(28)29)22-12-14-23(15-13-22)35-24-10-7-9-20(2)19-24/h7,9-10,12-16,18-19,25H,5-6,11,17H2,1-3H3/t25-/m0/s1. The minimum absolute atomic E-state index is 0.121. The number of aryl methyl sites for hydroxylation is 2. The first-order valence-corrected chi connectivity index (χ1v) is 12.0. The largest absolute Gasteiger partial charge is 0.457 e. The first-order chi connectivity index (χ1) is 17.0. The van der Waals surface area contributed by atoms with Gasteiger partial charge >= 0.3 is 0 Å². The number of rotatable bonds is 4. The van der Waals surface area contributed by atoms with Gasteiger partial charge in [-0.25, -0.2) is 4.98 Å². The summed E-state index contributed by atoms with van der Waals surface area (Å²) in [6.07, 6.45) is 6.61. The summed E-state index contributed by atoms with van der Waals surface area (Å²) in [4.78, 5) is 24.3. The van der Waals surface area contributed by atoms with Crippen LogP contribution < -0.4 is 4.74 Å². The maximum atomic E-state index is 12.8. The van der Waals surface area contributed by atoms with E-state index in [2.05, 4.69) is 21.2 Å². The van der Waals surface area contributed by atoms with Gasteiger partial charge in [0.2, 0.25) is 0 Å². The summed E-state index contributed by atoms with van der Waals surface area (Å²) in [6.45, 7) is 6.42. The molecular formula is C29H28N4O2. The van der Waals surface area contributed by atoms with Gasteiger partial charge in [-0.2, -0.15) is 0 Å². The SMILES string of the molecule is CC#CC(=O)N1CCCC[C@H]1c1nc(-c2ccc(Oc3cccc(C)c3)cc2)c2c(C)nccn12. The summed E-state index contributed by atoms with van der Waals surface area (Å²) in [5, 5.41) is 0. The van der Waals surface area contributed by atoms with E-state index >= 15 is 0 Å². The number of carbonyl (C=O) groups excluding carboxylic acids is 1. The topological polar surface area (TPSA) is 59.7 Å². The number of nitrogens with zero attached hydrogens (tertiary/aromatic N) is 4. The molecule has 1 aliphatic heterocycles. The number of imidazole rings is 1. The second-order valence-corrected chi connectivity index (χ2v) is 8.88. The second-order valence-electron chi connectivity index (χ2n) is 8.88. The molecule has 3 heterocycles. The van der Waals surface area contributed by atoms with Gasteiger partial charge < -0.3 is 9.64 Å². The summed E-state index contributed by atoms with van der Waals surface area (Å²) in [6, 6.07) is 15.8. The van der Waals surface area contributed by atoms with Crippen molar-refractivity contribution in [3.8, 4) is 34.6 Å². The van der Waals surface area contributed by atoms with Gasteiger partial charge in [-0.1, -0.05) is 18.1 Å². The Bertz CT molecular complexity index is 1440. The zero-order chi connectivity index (χ0) is 24.4. The van der Waals surface area contributed by atoms with Crippen LogP contribution in [0.5, 0.6) is 11.5 Å². The summed E-state index contributed by atoms with van der Waals surface area (Å²) in [7, 11) is 0. The van der Waals surface area contributed by atoms with Crippen LogP contribution in [0.4, 0.5) is 0 Å². The molecule has 35 heavy (non-hydrogen) atoms. The van der Waals surface area contributed by atoms with E-state index in [0.29, 0.717) is 6.54 Å². The molecule has 5 rings (SSSR count). The van der Waals surface area contributed by atoms with Crippen molar-refractivity contribution in [2.45, 2.75) is 46.1 Å². The Hall–Kier alpha value is -4.11. The number of fused-ring (bicyclic) bond motifs is 1. The Labute approximate surface area is 205 Å². The molecule has 6 nitrogen and oxygen atoms in total. The normalized spacial score (nSPS) is 15.5. The van der Waals surface area contributed by atoms with Crippen LogP contribution in [0.3, 0.4) is 0 Å². The van der Waals surface area contributed by atoms with E-state index < -0.39 is 0 Å². The fraction of sp³-hybridized carbons (Fsp3) is 0.276. The third-order valence-corrected chi connectivity index (χ3v) is 6.41. The summed E-state index contributed by atoms with van der Waals surface area (Å²) in [5.41, 5.74) is 4.83. The van der Waals surface area contributed by atoms with E-state index in [1.165, 1.54) is 0 Å². The van der Waals surface area contributed by atoms with Crippen LogP contribution >= 0.6 is 0 Å². The quantitative estimate of drug-likeness (QED) is 0.354. The first kappa shape index (κ1) is 22.7. The average Bonchev–Trinajstić information content (AvgIpc) is 3.26. The third kappa shape index (κ3) is 4.50. The van der Waals surface area contributed by atoms with Gasteiger partial charge in [-0.05, 0) is 87.9 Å². The van der Waals surface area contributed by atoms with Crippen LogP contribution in [0.25, 0.3) is 16.8 Å². The molecule has 176 valence electrons. The van der Waals surface area contributed by atoms with Crippen molar-refractivity contribution in [2.75, 3.05) is 6.54 Å². The van der Waals surface area contributed by atoms with E-state index in [-0.39, 0.29) is 11.9 Å². The number of aromatic nitrogens is 3. The molecule has 1 saturated heterocycles. The number of hydrogen-bond donors (Lipinski definition) is 0. The van der Waals surface area contributed by atoms with Crippen LogP contribution in [-0.4, -0.2) is 31.7 Å². The smallest absolute Gasteiger partial charge is 0.299 e. The van der Waals surface area contributed by atoms with Crippen molar-refractivity contribution in [1.82, 2.24) is 19.3 Å². The number of benzene rings is 2. The van der Waals surface area contributed by atoms with Crippen molar-refractivity contribution >= 4 is 11.4 Å². The zero-order valence-electron chi connectivity index (χ0n) is 20.3. The maximum absolute atomic E-state index is 12.8. The zero-order valence-corrected chi connectivity index (χ0v) is 20.3. The molecule has 6 heteroatoms. The molecule has 1 aliphatic rings. The molecule has 0 N–H and O–H groups in total. The average molecular weight is 465 g/mol. The number of amides is 1. The fourth-order valence-corrected chi connectivity index (χ4v) is 4.77. The Morgan fingerprint density at radius 2 is 1.91 bits per heavy atom. The van der Waals surface area contributed by atoms with Crippen molar-refractivity contribution < 1.29 is 9.53 Å². The lowest BCUT2D eigenvalue weighted by Crippen LogP contribution is -2.38. The molecule has 0 spiro atoms. The van der Waals surface area contributed by atoms with Crippen LogP contribution in [0.15, 0.2) is 60.9 Å². The highest BCUT2D eigenvalue weighted by Crippen LogP contribution is 2.36. The van der Waals surface area contributed by atoms with E-state index in [1.54, 1.807) is 13.1 Å². The number of piperidine rings is 1. The lowest BCUT2D eigenvalue weighted by Gasteiger charge is -2.33. The number of ether oxygens (including phenoxy) is 1. The molecule has 0 aliphatic carbocycles. The molecule has 2 aromatic carbocycles. The van der Waals surface area contributed by atoms with Crippen LogP contribution in [0.1, 0.15) is 49.3 Å². The molecule has 1 fully saturated rings. The van der Waals surface area contributed by atoms with Crippen molar-refractivity contribution in [1.29, 1.82) is 0 Å². The minimum Gasteiger partial charge on any atom is -0.457 e. The van der Waals surface area contributed by atoms with Gasteiger partial charge in [0.05, 0.1) is 22.9 Å². The van der Waals surface area contributed by atoms with E-state index in [0.717, 1.165) is 64.6 Å². The van der Waals surface area contributed by atoms with Crippen molar-refractivity contribution in [3.05, 3.63) is 78.0 Å². The Morgan fingerprint density at radius 3 is 2.69 bits per heavy atom. The predicted octanol–water partition coefficient (Wildman–Crippen LogP) is 5.88. The third-order valence-electron chi connectivity index (χ3n) is 6.41. The van der Waals surface area contributed by atoms with Gasteiger partial charge in [-0.15, -0.1) is 0 Å². The molecule has 0 bridgehead atoms. The molecule has 4 aromatic rings. The van der Waals surface area contributed by atoms with Gasteiger partial charge in [-0.3, -0.25) is 14.2 Å². The summed E-state index contributed by atoms with van der Waals surface area (Å²) < 4.78 is 8.12. The van der Waals surface area contributed by atoms with Gasteiger partial charge in [0.15, 0.2) is 0 Å². The minimum atomic E-state index is -0.140.